The van der Waals surface area contributed by atoms with Gasteiger partial charge in [0.1, 0.15) is 0 Å². The number of fused-ring (bicyclic) bond motifs is 1. The van der Waals surface area contributed by atoms with Crippen molar-refractivity contribution in [2.24, 2.45) is 5.16 Å². The summed E-state index contributed by atoms with van der Waals surface area (Å²) in [6.07, 6.45) is -5.12. The number of benzene rings is 2. The lowest BCUT2D eigenvalue weighted by Crippen LogP contribution is -2.42. The summed E-state index contributed by atoms with van der Waals surface area (Å²) in [5, 5.41) is 11.9. The van der Waals surface area contributed by atoms with Crippen LogP contribution in [-0.2, 0) is 16.9 Å². The summed E-state index contributed by atoms with van der Waals surface area (Å²) >= 11 is 12.7. The molecule has 0 aromatic heterocycles. The van der Waals surface area contributed by atoms with Gasteiger partial charge in [0, 0.05) is 28.2 Å². The molecular weight excluding hydrogens is 469 g/mol. The highest BCUT2D eigenvalue weighted by Gasteiger charge is 2.62. The van der Waals surface area contributed by atoms with E-state index in [9.17, 15) is 27.5 Å². The molecule has 4 nitrogen and oxygen atoms in total. The summed E-state index contributed by atoms with van der Waals surface area (Å²) < 4.78 is 56.2. The summed E-state index contributed by atoms with van der Waals surface area (Å²) in [4.78, 5) is 16.9. The number of hydrogen-bond acceptors (Lipinski definition) is 4. The van der Waals surface area contributed by atoms with Gasteiger partial charge in [-0.3, -0.25) is 0 Å². The van der Waals surface area contributed by atoms with Gasteiger partial charge >= 0.3 is 12.1 Å². The molecule has 30 heavy (non-hydrogen) atoms. The van der Waals surface area contributed by atoms with Gasteiger partial charge in [-0.15, -0.1) is 11.8 Å². The van der Waals surface area contributed by atoms with E-state index < -0.39 is 45.6 Å². The molecular formula is C19H11Cl2F4NO3S. The van der Waals surface area contributed by atoms with Gasteiger partial charge in [-0.1, -0.05) is 34.4 Å². The third kappa shape index (κ3) is 3.23. The number of rotatable bonds is 3. The molecule has 1 N–H and O–H groups in total. The zero-order chi connectivity index (χ0) is 21.8. The van der Waals surface area contributed by atoms with Crippen LogP contribution < -0.4 is 0 Å². The second-order valence-electron chi connectivity index (χ2n) is 6.76. The van der Waals surface area contributed by atoms with E-state index in [1.807, 2.05) is 0 Å². The Morgan fingerprint density at radius 2 is 1.90 bits per heavy atom. The minimum Gasteiger partial charge on any atom is -0.478 e. The van der Waals surface area contributed by atoms with Gasteiger partial charge in [-0.05, 0) is 30.2 Å². The van der Waals surface area contributed by atoms with E-state index in [4.69, 9.17) is 28.0 Å². The van der Waals surface area contributed by atoms with Crippen LogP contribution >= 0.6 is 35.0 Å². The Hall–Kier alpha value is -1.97. The molecule has 11 heteroatoms. The zero-order valence-electron chi connectivity index (χ0n) is 14.8. The van der Waals surface area contributed by atoms with Crippen LogP contribution in [0.25, 0.3) is 0 Å². The van der Waals surface area contributed by atoms with Gasteiger partial charge in [0.25, 0.3) is 5.60 Å². The Morgan fingerprint density at radius 3 is 2.50 bits per heavy atom. The predicted octanol–water partition coefficient (Wildman–Crippen LogP) is 6.06. The highest BCUT2D eigenvalue weighted by atomic mass is 35.5. The highest BCUT2D eigenvalue weighted by molar-refractivity contribution is 7.99. The molecule has 158 valence electrons. The molecule has 0 radical (unpaired) electrons. The monoisotopic (exact) mass is 479 g/mol. The normalized spacial score (nSPS) is 20.7. The Morgan fingerprint density at radius 1 is 1.23 bits per heavy atom. The van der Waals surface area contributed by atoms with Crippen molar-refractivity contribution in [1.82, 2.24) is 0 Å². The number of carboxylic acids is 1. The molecule has 1 atom stereocenters. The summed E-state index contributed by atoms with van der Waals surface area (Å²) in [6.45, 7) is 0. The first kappa shape index (κ1) is 21.3. The molecule has 4 rings (SSSR count). The maximum atomic E-state index is 14.1. The Labute approximate surface area is 181 Å². The number of nitrogens with zero attached hydrogens (tertiary/aromatic N) is 1. The van der Waals surface area contributed by atoms with E-state index in [0.29, 0.717) is 28.2 Å². The molecule has 2 aromatic rings. The maximum Gasteiger partial charge on any atom is 0.435 e. The van der Waals surface area contributed by atoms with Crippen molar-refractivity contribution in [3.8, 4) is 0 Å². The Bertz CT molecular complexity index is 1080. The number of carboxylic acid groups (broad SMARTS) is 1. The molecule has 2 aromatic carbocycles. The largest absolute Gasteiger partial charge is 0.478 e. The summed E-state index contributed by atoms with van der Waals surface area (Å²) in [7, 11) is 0. The molecule has 2 heterocycles. The molecule has 0 spiro atoms. The van der Waals surface area contributed by atoms with Crippen LogP contribution in [0.2, 0.25) is 10.0 Å². The average Bonchev–Trinajstić information content (AvgIpc) is 3.32. The quantitative estimate of drug-likeness (QED) is 0.429. The van der Waals surface area contributed by atoms with Crippen LogP contribution in [-0.4, -0.2) is 28.7 Å². The van der Waals surface area contributed by atoms with Gasteiger partial charge < -0.3 is 9.94 Å². The van der Waals surface area contributed by atoms with Crippen molar-refractivity contribution in [2.75, 3.05) is 5.75 Å². The first-order valence-electron chi connectivity index (χ1n) is 8.54. The van der Waals surface area contributed by atoms with Gasteiger partial charge in [0.15, 0.2) is 5.82 Å². The minimum atomic E-state index is -4.92. The lowest BCUT2D eigenvalue weighted by molar-refractivity contribution is -0.275. The third-order valence-electron chi connectivity index (χ3n) is 5.04. The number of oxime groups is 1. The average molecular weight is 480 g/mol. The molecule has 0 amide bonds. The first-order valence-corrected chi connectivity index (χ1v) is 10.3. The smallest absolute Gasteiger partial charge is 0.435 e. The second kappa shape index (κ2) is 7.32. The van der Waals surface area contributed by atoms with E-state index in [0.717, 1.165) is 12.1 Å². The lowest BCUT2D eigenvalue weighted by atomic mass is 9.85. The van der Waals surface area contributed by atoms with Gasteiger partial charge in [-0.25, -0.2) is 9.18 Å². The van der Waals surface area contributed by atoms with Gasteiger partial charge in [-0.2, -0.15) is 13.2 Å². The number of aromatic carboxylic acids is 1. The van der Waals surface area contributed by atoms with Crippen LogP contribution in [0.15, 0.2) is 34.3 Å². The maximum absolute atomic E-state index is 14.1. The summed E-state index contributed by atoms with van der Waals surface area (Å²) in [5.41, 5.74) is -2.25. The van der Waals surface area contributed by atoms with E-state index in [-0.39, 0.29) is 11.3 Å². The fourth-order valence-electron chi connectivity index (χ4n) is 3.57. The van der Waals surface area contributed by atoms with Crippen molar-refractivity contribution in [3.05, 3.63) is 62.4 Å². The van der Waals surface area contributed by atoms with E-state index in [1.165, 1.54) is 23.9 Å². The highest BCUT2D eigenvalue weighted by Crippen LogP contribution is 2.51. The number of hydrogen-bond donors (Lipinski definition) is 1. The van der Waals surface area contributed by atoms with Crippen LogP contribution in [0.4, 0.5) is 17.6 Å². The summed E-state index contributed by atoms with van der Waals surface area (Å²) in [5.74, 6) is -1.54. The molecule has 1 unspecified atom stereocenters. The molecule has 2 aliphatic rings. The minimum absolute atomic E-state index is 0.0135. The van der Waals surface area contributed by atoms with E-state index in [1.54, 1.807) is 0 Å². The first-order chi connectivity index (χ1) is 14.0. The topological polar surface area (TPSA) is 58.9 Å². The van der Waals surface area contributed by atoms with E-state index >= 15 is 0 Å². The van der Waals surface area contributed by atoms with Crippen molar-refractivity contribution < 1.29 is 32.3 Å². The molecule has 0 saturated heterocycles. The van der Waals surface area contributed by atoms with Crippen molar-refractivity contribution in [1.29, 1.82) is 0 Å². The lowest BCUT2D eigenvalue weighted by Gasteiger charge is -2.29. The fourth-order valence-corrected chi connectivity index (χ4v) is 5.27. The van der Waals surface area contributed by atoms with E-state index in [2.05, 4.69) is 5.16 Å². The number of halogens is 6. The molecule has 0 aliphatic carbocycles. The van der Waals surface area contributed by atoms with Crippen LogP contribution in [0.1, 0.15) is 33.5 Å². The number of carbonyl (C=O) groups is 1. The predicted molar refractivity (Wildman–Crippen MR) is 104 cm³/mol. The number of thioether (sulfide) groups is 1. The van der Waals surface area contributed by atoms with Crippen LogP contribution in [0, 0.1) is 5.82 Å². The SMILES string of the molecule is O=C(O)c1ccc(C2=NOC(c3cc(Cl)c(F)c(Cl)c3)(C(F)(F)F)C2)c2c1SCC2. The molecule has 0 saturated carbocycles. The Kier molecular flexibility index (Phi) is 5.19. The summed E-state index contributed by atoms with van der Waals surface area (Å²) in [6, 6.07) is 4.43. The molecule has 2 aliphatic heterocycles. The fraction of sp³-hybridized carbons (Fsp3) is 0.263. The molecule has 0 fully saturated rings. The zero-order valence-corrected chi connectivity index (χ0v) is 17.1. The third-order valence-corrected chi connectivity index (χ3v) is 6.75. The van der Waals surface area contributed by atoms with Crippen LogP contribution in [0.5, 0.6) is 0 Å². The van der Waals surface area contributed by atoms with Crippen molar-refractivity contribution in [3.63, 3.8) is 0 Å². The van der Waals surface area contributed by atoms with Gasteiger partial charge in [0.2, 0.25) is 0 Å². The van der Waals surface area contributed by atoms with Gasteiger partial charge in [0.05, 0.1) is 21.3 Å². The second-order valence-corrected chi connectivity index (χ2v) is 8.68. The van der Waals surface area contributed by atoms with Crippen LogP contribution in [0.3, 0.4) is 0 Å². The number of alkyl halides is 3. The molecule has 0 bridgehead atoms. The standard InChI is InChI=1S/C19H11Cl2F4NO3S/c20-12-5-8(6-13(21)15(12)22)18(19(23,24)25)7-14(26-29-18)9-1-2-11(17(27)28)16-10(9)3-4-30-16/h1-2,5-6H,3-4,7H2,(H,27,28). The Balaban J connectivity index is 1.79. The van der Waals surface area contributed by atoms with Crippen molar-refractivity contribution >= 4 is 46.6 Å². The van der Waals surface area contributed by atoms with Crippen molar-refractivity contribution in [2.45, 2.75) is 29.5 Å².